The van der Waals surface area contributed by atoms with Crippen molar-refractivity contribution in [2.75, 3.05) is 20.7 Å². The van der Waals surface area contributed by atoms with Crippen molar-refractivity contribution in [3.63, 3.8) is 0 Å². The minimum absolute atomic E-state index is 0.129. The number of amides is 2. The summed E-state index contributed by atoms with van der Waals surface area (Å²) in [5, 5.41) is 5.96. The molecule has 2 rings (SSSR count). The fourth-order valence-corrected chi connectivity index (χ4v) is 4.54. The van der Waals surface area contributed by atoms with Crippen molar-refractivity contribution in [3.8, 4) is 0 Å². The van der Waals surface area contributed by atoms with Gasteiger partial charge in [0.25, 0.3) is 11.9 Å². The lowest BCUT2D eigenvalue weighted by Crippen LogP contribution is -2.61. The van der Waals surface area contributed by atoms with E-state index in [-0.39, 0.29) is 29.0 Å². The van der Waals surface area contributed by atoms with Gasteiger partial charge in [-0.25, -0.2) is 0 Å². The Kier molecular flexibility index (Phi) is 11.5. The number of ether oxygens (including phenoxy) is 1. The molecule has 3 atom stereocenters. The highest BCUT2D eigenvalue weighted by Gasteiger charge is 2.44. The molecule has 1 aliphatic heterocycles. The van der Waals surface area contributed by atoms with E-state index in [1.807, 2.05) is 13.8 Å². The summed E-state index contributed by atoms with van der Waals surface area (Å²) in [4.78, 5) is 52.4. The third-order valence-corrected chi connectivity index (χ3v) is 6.68. The molecule has 0 bridgehead atoms. The fourth-order valence-electron chi connectivity index (χ4n) is 4.16. The zero-order valence-corrected chi connectivity index (χ0v) is 22.8. The van der Waals surface area contributed by atoms with Crippen LogP contribution in [0.3, 0.4) is 0 Å². The van der Waals surface area contributed by atoms with Crippen molar-refractivity contribution in [1.29, 1.82) is 0 Å². The lowest BCUT2D eigenvalue weighted by atomic mass is 9.66. The molecule has 0 unspecified atom stereocenters. The highest BCUT2D eigenvalue weighted by atomic mass is 35.5. The van der Waals surface area contributed by atoms with Crippen LogP contribution in [0, 0.1) is 11.8 Å². The molecule has 1 heterocycles. The standard InChI is InChI=1S/C24H34BCl2N3O6/c1-14(2)11-20(29-21(31)13-28-22(32)17-12-16(26)9-10-18(17)27)25-30(4)19(24(34)35-5)8-6-7-15(3)23(33)36-25/h9-10,12,14-15,19-20H,6-8,11,13H2,1-5H3,(H,28,32)(H,29,31)/t15-,19+,20-/m0/s1. The summed E-state index contributed by atoms with van der Waals surface area (Å²) in [5.74, 6) is -2.74. The van der Waals surface area contributed by atoms with Gasteiger partial charge in [0.1, 0.15) is 6.04 Å². The molecule has 12 heteroatoms. The molecule has 0 spiro atoms. The Labute approximate surface area is 222 Å². The number of nitrogens with one attached hydrogen (secondary N) is 2. The number of benzene rings is 1. The second-order valence-electron chi connectivity index (χ2n) is 9.47. The molecule has 0 aliphatic carbocycles. The predicted molar refractivity (Wildman–Crippen MR) is 139 cm³/mol. The number of carbonyl (C=O) groups is 4. The van der Waals surface area contributed by atoms with Crippen LogP contribution in [-0.4, -0.2) is 68.3 Å². The number of nitrogens with zero attached hydrogens (tertiary/aromatic N) is 1. The molecule has 0 radical (unpaired) electrons. The van der Waals surface area contributed by atoms with Crippen molar-refractivity contribution in [3.05, 3.63) is 33.8 Å². The molecular formula is C24H34BCl2N3O6. The molecule has 0 saturated carbocycles. The number of esters is 1. The third kappa shape index (κ3) is 8.39. The summed E-state index contributed by atoms with van der Waals surface area (Å²) < 4.78 is 10.8. The highest BCUT2D eigenvalue weighted by Crippen LogP contribution is 2.23. The number of rotatable bonds is 8. The molecule has 1 aromatic rings. The SMILES string of the molecule is COC(=O)[C@H]1CCC[C@H](C)C(=O)OB([C@H](CC(C)C)NC(=O)CNC(=O)c2cc(Cl)ccc2Cl)N1C. The number of methoxy groups -OCH3 is 1. The van der Waals surface area contributed by atoms with Gasteiger partial charge in [0.05, 0.1) is 36.1 Å². The van der Waals surface area contributed by atoms with Crippen molar-refractivity contribution in [2.45, 2.75) is 58.4 Å². The fraction of sp³-hybridized carbons (Fsp3) is 0.583. The van der Waals surface area contributed by atoms with Gasteiger partial charge in [-0.15, -0.1) is 0 Å². The maximum atomic E-state index is 12.9. The van der Waals surface area contributed by atoms with Crippen molar-refractivity contribution >= 4 is 54.0 Å². The van der Waals surface area contributed by atoms with E-state index >= 15 is 0 Å². The Morgan fingerprint density at radius 2 is 1.94 bits per heavy atom. The van der Waals surface area contributed by atoms with E-state index in [1.165, 1.54) is 19.2 Å². The van der Waals surface area contributed by atoms with Gasteiger partial charge in [-0.1, -0.05) is 50.4 Å². The van der Waals surface area contributed by atoms with Crippen LogP contribution in [0.2, 0.25) is 10.0 Å². The minimum Gasteiger partial charge on any atom is -0.518 e. The number of likely N-dealkylation sites (N-methyl/N-ethyl adjacent to an activating group) is 1. The molecule has 36 heavy (non-hydrogen) atoms. The first-order valence-electron chi connectivity index (χ1n) is 12.0. The summed E-state index contributed by atoms with van der Waals surface area (Å²) in [6.45, 7) is 5.39. The molecular weight excluding hydrogens is 508 g/mol. The van der Waals surface area contributed by atoms with Gasteiger partial charge < -0.3 is 20.0 Å². The van der Waals surface area contributed by atoms with Gasteiger partial charge in [0.15, 0.2) is 0 Å². The molecule has 9 nitrogen and oxygen atoms in total. The maximum Gasteiger partial charge on any atom is 0.475 e. The number of carbonyl (C=O) groups excluding carboxylic acids is 4. The van der Waals surface area contributed by atoms with Crippen LogP contribution in [-0.2, 0) is 23.8 Å². The van der Waals surface area contributed by atoms with Crippen molar-refractivity contribution < 1.29 is 28.6 Å². The monoisotopic (exact) mass is 541 g/mol. The first-order valence-corrected chi connectivity index (χ1v) is 12.7. The minimum atomic E-state index is -0.911. The van der Waals surface area contributed by atoms with Crippen LogP contribution in [0.15, 0.2) is 18.2 Å². The second kappa shape index (κ2) is 13.9. The summed E-state index contributed by atoms with van der Waals surface area (Å²) in [7, 11) is 2.08. The highest BCUT2D eigenvalue weighted by molar-refractivity contribution is 6.53. The Hall–Kier alpha value is -2.30. The second-order valence-corrected chi connectivity index (χ2v) is 10.3. The van der Waals surface area contributed by atoms with Crippen LogP contribution >= 0.6 is 23.2 Å². The van der Waals surface area contributed by atoms with E-state index in [1.54, 1.807) is 24.8 Å². The maximum absolute atomic E-state index is 12.9. The molecule has 1 fully saturated rings. The Balaban J connectivity index is 2.22. The summed E-state index contributed by atoms with van der Waals surface area (Å²) in [6.07, 6.45) is 2.17. The topological polar surface area (TPSA) is 114 Å². The lowest BCUT2D eigenvalue weighted by molar-refractivity contribution is -0.146. The normalized spacial score (nSPS) is 20.0. The van der Waals surface area contributed by atoms with E-state index < -0.39 is 42.8 Å². The van der Waals surface area contributed by atoms with E-state index in [4.69, 9.17) is 32.6 Å². The van der Waals surface area contributed by atoms with Gasteiger partial charge in [-0.05, 0) is 50.4 Å². The zero-order valence-electron chi connectivity index (χ0n) is 21.3. The van der Waals surface area contributed by atoms with Gasteiger partial charge in [0.2, 0.25) is 5.91 Å². The van der Waals surface area contributed by atoms with Crippen molar-refractivity contribution in [2.24, 2.45) is 11.8 Å². The quantitative estimate of drug-likeness (QED) is 0.384. The van der Waals surface area contributed by atoms with Crippen LogP contribution in [0.5, 0.6) is 0 Å². The van der Waals surface area contributed by atoms with Crippen LogP contribution in [0.1, 0.15) is 56.8 Å². The first kappa shape index (κ1) is 29.9. The number of hydrogen-bond acceptors (Lipinski definition) is 7. The molecule has 1 aliphatic rings. The molecule has 1 aromatic carbocycles. The molecule has 2 N–H and O–H groups in total. The Bertz CT molecular complexity index is 964. The van der Waals surface area contributed by atoms with E-state index in [9.17, 15) is 19.2 Å². The molecule has 1 saturated heterocycles. The van der Waals surface area contributed by atoms with Gasteiger partial charge in [-0.2, -0.15) is 0 Å². The van der Waals surface area contributed by atoms with Crippen LogP contribution < -0.4 is 10.6 Å². The predicted octanol–water partition coefficient (Wildman–Crippen LogP) is 3.12. The average molecular weight is 542 g/mol. The average Bonchev–Trinajstić information content (AvgIpc) is 2.87. The molecule has 198 valence electrons. The number of hydrogen-bond donors (Lipinski definition) is 2. The van der Waals surface area contributed by atoms with E-state index in [0.717, 1.165) is 0 Å². The van der Waals surface area contributed by atoms with Gasteiger partial charge >= 0.3 is 13.0 Å². The van der Waals surface area contributed by atoms with E-state index in [2.05, 4.69) is 10.6 Å². The summed E-state index contributed by atoms with van der Waals surface area (Å²) in [5.41, 5.74) is 0.149. The largest absolute Gasteiger partial charge is 0.518 e. The molecule has 0 aromatic heterocycles. The van der Waals surface area contributed by atoms with Gasteiger partial charge in [0, 0.05) is 5.02 Å². The van der Waals surface area contributed by atoms with E-state index in [0.29, 0.717) is 30.7 Å². The summed E-state index contributed by atoms with van der Waals surface area (Å²) >= 11 is 12.0. The number of halogens is 2. The van der Waals surface area contributed by atoms with Gasteiger partial charge in [-0.3, -0.25) is 24.0 Å². The third-order valence-electron chi connectivity index (χ3n) is 6.12. The summed E-state index contributed by atoms with van der Waals surface area (Å²) in [6, 6.07) is 3.83. The smallest absolute Gasteiger partial charge is 0.475 e. The first-order chi connectivity index (χ1) is 16.9. The van der Waals surface area contributed by atoms with Crippen LogP contribution in [0.25, 0.3) is 0 Å². The Morgan fingerprint density at radius 3 is 2.58 bits per heavy atom. The van der Waals surface area contributed by atoms with Crippen LogP contribution in [0.4, 0.5) is 0 Å². The molecule has 2 amide bonds. The zero-order chi connectivity index (χ0) is 27.0. The van der Waals surface area contributed by atoms with Crippen molar-refractivity contribution in [1.82, 2.24) is 15.4 Å². The lowest BCUT2D eigenvalue weighted by Gasteiger charge is -2.35. The Morgan fingerprint density at radius 1 is 1.25 bits per heavy atom.